The zero-order valence-electron chi connectivity index (χ0n) is 15.3. The van der Waals surface area contributed by atoms with Crippen LogP contribution in [0.5, 0.6) is 0 Å². The summed E-state index contributed by atoms with van der Waals surface area (Å²) < 4.78 is 5.43. The zero-order chi connectivity index (χ0) is 18.1. The van der Waals surface area contributed by atoms with E-state index in [-0.39, 0.29) is 17.7 Å². The molecule has 1 aliphatic carbocycles. The Hall–Kier alpha value is -2.44. The standard InChI is InChI=1S/C19H25N5O2/c1-12(2)17-22-19(26-23-17)24-7-5-14-8-15(16(14)11-24)18(25)21-10-13-4-3-6-20-9-13/h3-4,6,9,12,14-16H,5,7-8,10-11H2,1-2H3,(H,21,25)/t14-,15-,16-/m1/s1. The molecule has 1 amide bonds. The average Bonchev–Trinajstić information content (AvgIpc) is 3.12. The Morgan fingerprint density at radius 2 is 2.35 bits per heavy atom. The van der Waals surface area contributed by atoms with E-state index in [1.54, 1.807) is 12.4 Å². The van der Waals surface area contributed by atoms with Gasteiger partial charge in [0, 0.05) is 43.9 Å². The van der Waals surface area contributed by atoms with Crippen molar-refractivity contribution in [2.45, 2.75) is 39.2 Å². The van der Waals surface area contributed by atoms with Gasteiger partial charge < -0.3 is 14.7 Å². The van der Waals surface area contributed by atoms with Gasteiger partial charge in [0.2, 0.25) is 5.91 Å². The Morgan fingerprint density at radius 3 is 3.08 bits per heavy atom. The van der Waals surface area contributed by atoms with Crippen molar-refractivity contribution in [3.63, 3.8) is 0 Å². The third-order valence-corrected chi connectivity index (χ3v) is 5.62. The number of nitrogens with one attached hydrogen (secondary N) is 1. The second-order valence-electron chi connectivity index (χ2n) is 7.67. The number of hydrogen-bond donors (Lipinski definition) is 1. The second-order valence-corrected chi connectivity index (χ2v) is 7.67. The van der Waals surface area contributed by atoms with E-state index in [1.165, 1.54) is 0 Å². The Bertz CT molecular complexity index is 760. The smallest absolute Gasteiger partial charge is 0.324 e. The topological polar surface area (TPSA) is 84.2 Å². The molecule has 1 aliphatic heterocycles. The molecule has 0 spiro atoms. The molecule has 7 heteroatoms. The minimum atomic E-state index is 0.0759. The lowest BCUT2D eigenvalue weighted by Gasteiger charge is -2.49. The van der Waals surface area contributed by atoms with Crippen LogP contribution in [0.15, 0.2) is 29.0 Å². The largest absolute Gasteiger partial charge is 0.352 e. The molecule has 0 aromatic carbocycles. The third-order valence-electron chi connectivity index (χ3n) is 5.62. The van der Waals surface area contributed by atoms with Crippen molar-refractivity contribution in [2.24, 2.45) is 17.8 Å². The molecule has 1 saturated heterocycles. The molecule has 2 aromatic rings. The molecule has 26 heavy (non-hydrogen) atoms. The number of fused-ring (bicyclic) bond motifs is 1. The Morgan fingerprint density at radius 1 is 1.46 bits per heavy atom. The highest BCUT2D eigenvalue weighted by Gasteiger charge is 2.48. The predicted molar refractivity (Wildman–Crippen MR) is 96.4 cm³/mol. The summed E-state index contributed by atoms with van der Waals surface area (Å²) in [4.78, 5) is 23.3. The van der Waals surface area contributed by atoms with Gasteiger partial charge >= 0.3 is 6.01 Å². The van der Waals surface area contributed by atoms with Crippen LogP contribution in [-0.4, -0.2) is 34.1 Å². The van der Waals surface area contributed by atoms with E-state index >= 15 is 0 Å². The van der Waals surface area contributed by atoms with Crippen molar-refractivity contribution < 1.29 is 9.32 Å². The minimum Gasteiger partial charge on any atom is -0.352 e. The van der Waals surface area contributed by atoms with Gasteiger partial charge in [0.25, 0.3) is 0 Å². The van der Waals surface area contributed by atoms with Gasteiger partial charge in [-0.2, -0.15) is 4.98 Å². The fourth-order valence-corrected chi connectivity index (χ4v) is 3.97. The molecule has 4 rings (SSSR count). The molecule has 0 radical (unpaired) electrons. The molecular weight excluding hydrogens is 330 g/mol. The molecule has 138 valence electrons. The minimum absolute atomic E-state index is 0.0759. The first-order valence-electron chi connectivity index (χ1n) is 9.37. The van der Waals surface area contributed by atoms with Gasteiger partial charge in [0.15, 0.2) is 5.82 Å². The van der Waals surface area contributed by atoms with Crippen LogP contribution in [0.1, 0.15) is 44.0 Å². The van der Waals surface area contributed by atoms with E-state index in [9.17, 15) is 4.79 Å². The first-order valence-corrected chi connectivity index (χ1v) is 9.37. The van der Waals surface area contributed by atoms with Gasteiger partial charge in [0.05, 0.1) is 0 Å². The highest BCUT2D eigenvalue weighted by molar-refractivity contribution is 5.80. The molecule has 7 nitrogen and oxygen atoms in total. The summed E-state index contributed by atoms with van der Waals surface area (Å²) in [6.45, 7) is 6.37. The molecule has 2 aliphatic rings. The third kappa shape index (κ3) is 3.30. The predicted octanol–water partition coefficient (Wildman–Crippen LogP) is 2.37. The van der Waals surface area contributed by atoms with Crippen LogP contribution in [0.2, 0.25) is 0 Å². The number of piperidine rings is 1. The number of aromatic nitrogens is 3. The lowest BCUT2D eigenvalue weighted by atomic mass is 9.61. The Balaban J connectivity index is 1.35. The summed E-state index contributed by atoms with van der Waals surface area (Å²) in [6, 6.07) is 4.45. The van der Waals surface area contributed by atoms with Gasteiger partial charge in [-0.15, -0.1) is 0 Å². The normalized spacial score (nSPS) is 24.9. The summed E-state index contributed by atoms with van der Waals surface area (Å²) in [5.41, 5.74) is 1.02. The second kappa shape index (κ2) is 7.05. The van der Waals surface area contributed by atoms with E-state index in [0.717, 1.165) is 37.3 Å². The molecule has 3 atom stereocenters. The summed E-state index contributed by atoms with van der Waals surface area (Å²) in [5, 5.41) is 7.12. The number of amides is 1. The van der Waals surface area contributed by atoms with Crippen molar-refractivity contribution in [1.82, 2.24) is 20.4 Å². The molecule has 3 heterocycles. The lowest BCUT2D eigenvalue weighted by molar-refractivity contribution is -0.134. The number of pyridine rings is 1. The average molecular weight is 355 g/mol. The van der Waals surface area contributed by atoms with Crippen LogP contribution in [0.25, 0.3) is 0 Å². The molecule has 2 aromatic heterocycles. The van der Waals surface area contributed by atoms with Crippen LogP contribution in [0, 0.1) is 17.8 Å². The van der Waals surface area contributed by atoms with Gasteiger partial charge in [-0.25, -0.2) is 0 Å². The fourth-order valence-electron chi connectivity index (χ4n) is 3.97. The molecular formula is C19H25N5O2. The van der Waals surface area contributed by atoms with E-state index in [2.05, 4.69) is 39.2 Å². The summed E-state index contributed by atoms with van der Waals surface area (Å²) >= 11 is 0. The monoisotopic (exact) mass is 355 g/mol. The van der Waals surface area contributed by atoms with Crippen molar-refractivity contribution in [3.05, 3.63) is 35.9 Å². The van der Waals surface area contributed by atoms with E-state index in [1.807, 2.05) is 12.1 Å². The summed E-state index contributed by atoms with van der Waals surface area (Å²) in [5.74, 6) is 2.21. The van der Waals surface area contributed by atoms with Gasteiger partial charge in [-0.3, -0.25) is 9.78 Å². The molecule has 1 saturated carbocycles. The fraction of sp³-hybridized carbons (Fsp3) is 0.579. The SMILES string of the molecule is CC(C)c1noc(N2CC[C@@H]3C[C@@H](C(=O)NCc4cccnc4)[C@@H]3C2)n1. The van der Waals surface area contributed by atoms with Gasteiger partial charge in [0.1, 0.15) is 0 Å². The lowest BCUT2D eigenvalue weighted by Crippen LogP contribution is -2.55. The number of carbonyl (C=O) groups excluding carboxylic acids is 1. The van der Waals surface area contributed by atoms with E-state index in [0.29, 0.717) is 24.4 Å². The molecule has 0 unspecified atom stereocenters. The van der Waals surface area contributed by atoms with E-state index < -0.39 is 0 Å². The number of nitrogens with zero attached hydrogens (tertiary/aromatic N) is 4. The number of carbonyl (C=O) groups is 1. The van der Waals surface area contributed by atoms with E-state index in [4.69, 9.17) is 4.52 Å². The molecule has 0 bridgehead atoms. The van der Waals surface area contributed by atoms with Crippen LogP contribution in [0.4, 0.5) is 6.01 Å². The van der Waals surface area contributed by atoms with Crippen molar-refractivity contribution in [2.75, 3.05) is 18.0 Å². The number of hydrogen-bond acceptors (Lipinski definition) is 6. The maximum atomic E-state index is 12.6. The van der Waals surface area contributed by atoms with Crippen LogP contribution < -0.4 is 10.2 Å². The molecule has 1 N–H and O–H groups in total. The highest BCUT2D eigenvalue weighted by Crippen LogP contribution is 2.46. The first-order chi connectivity index (χ1) is 12.6. The van der Waals surface area contributed by atoms with Crippen molar-refractivity contribution >= 4 is 11.9 Å². The highest BCUT2D eigenvalue weighted by atomic mass is 16.5. The van der Waals surface area contributed by atoms with Gasteiger partial charge in [-0.1, -0.05) is 25.1 Å². The Kier molecular flexibility index (Phi) is 4.61. The summed E-state index contributed by atoms with van der Waals surface area (Å²) in [6.07, 6.45) is 5.59. The number of rotatable bonds is 5. The van der Waals surface area contributed by atoms with Crippen molar-refractivity contribution in [1.29, 1.82) is 0 Å². The van der Waals surface area contributed by atoms with Crippen LogP contribution >= 0.6 is 0 Å². The quantitative estimate of drug-likeness (QED) is 0.886. The van der Waals surface area contributed by atoms with Crippen LogP contribution in [-0.2, 0) is 11.3 Å². The van der Waals surface area contributed by atoms with Crippen molar-refractivity contribution in [3.8, 4) is 0 Å². The van der Waals surface area contributed by atoms with Crippen LogP contribution in [0.3, 0.4) is 0 Å². The first kappa shape index (κ1) is 17.0. The maximum Gasteiger partial charge on any atom is 0.324 e. The summed E-state index contributed by atoms with van der Waals surface area (Å²) in [7, 11) is 0. The number of anilines is 1. The zero-order valence-corrected chi connectivity index (χ0v) is 15.3. The Labute approximate surface area is 153 Å². The van der Waals surface area contributed by atoms with Gasteiger partial charge in [-0.05, 0) is 36.3 Å². The molecule has 2 fully saturated rings. The maximum absolute atomic E-state index is 12.6.